The van der Waals surface area contributed by atoms with Gasteiger partial charge in [-0.25, -0.2) is 0 Å². The summed E-state index contributed by atoms with van der Waals surface area (Å²) < 4.78 is 11.8. The van der Waals surface area contributed by atoms with Gasteiger partial charge in [0.2, 0.25) is 0 Å². The number of ether oxygens (including phenoxy) is 2. The third kappa shape index (κ3) is 4.26. The van der Waals surface area contributed by atoms with Crippen molar-refractivity contribution < 1.29 is 14.3 Å². The second kappa shape index (κ2) is 8.38. The number of nitrogens with zero attached hydrogens (tertiary/aromatic N) is 1. The monoisotopic (exact) mass is 434 g/mol. The number of benzene rings is 2. The lowest BCUT2D eigenvalue weighted by Crippen LogP contribution is -2.28. The molecular formula is C19H16BrClN2O3. The fourth-order valence-corrected chi connectivity index (χ4v) is 3.13. The number of carbonyl (C=O) groups is 1. The highest BCUT2D eigenvalue weighted by atomic mass is 79.9. The Morgan fingerprint density at radius 1 is 1.23 bits per heavy atom. The molecule has 0 radical (unpaired) electrons. The normalized spacial score (nSPS) is 10.6. The minimum absolute atomic E-state index is 0.121. The smallest absolute Gasteiger partial charge is 0.258 e. The van der Waals surface area contributed by atoms with Crippen LogP contribution in [0.15, 0.2) is 53.1 Å². The molecule has 3 rings (SSSR count). The zero-order valence-electron chi connectivity index (χ0n) is 14.0. The molecule has 2 aromatic carbocycles. The number of rotatable bonds is 6. The quantitative estimate of drug-likeness (QED) is 0.625. The van der Waals surface area contributed by atoms with Crippen LogP contribution in [0, 0.1) is 0 Å². The van der Waals surface area contributed by atoms with Gasteiger partial charge in [0.15, 0.2) is 6.61 Å². The van der Waals surface area contributed by atoms with Crippen molar-refractivity contribution in [1.29, 1.82) is 0 Å². The number of pyridine rings is 1. The average Bonchev–Trinajstić information content (AvgIpc) is 2.66. The van der Waals surface area contributed by atoms with Gasteiger partial charge in [0.25, 0.3) is 5.91 Å². The second-order valence-corrected chi connectivity index (χ2v) is 6.79. The van der Waals surface area contributed by atoms with E-state index in [1.165, 1.54) is 0 Å². The van der Waals surface area contributed by atoms with Crippen molar-refractivity contribution in [1.82, 2.24) is 10.3 Å². The average molecular weight is 436 g/mol. The maximum atomic E-state index is 12.1. The van der Waals surface area contributed by atoms with Gasteiger partial charge >= 0.3 is 0 Å². The minimum Gasteiger partial charge on any atom is -0.496 e. The Bertz CT molecular complexity index is 949. The van der Waals surface area contributed by atoms with E-state index in [9.17, 15) is 4.79 Å². The Hall–Kier alpha value is -2.31. The molecule has 0 aliphatic rings. The summed E-state index contributed by atoms with van der Waals surface area (Å²) in [5.74, 6) is 0.980. The van der Waals surface area contributed by atoms with Crippen molar-refractivity contribution in [2.45, 2.75) is 6.54 Å². The van der Waals surface area contributed by atoms with Gasteiger partial charge in [-0.1, -0.05) is 27.5 Å². The van der Waals surface area contributed by atoms with Gasteiger partial charge in [0.1, 0.15) is 17.0 Å². The number of amides is 1. The lowest BCUT2D eigenvalue weighted by Gasteiger charge is -2.12. The number of hydrogen-bond acceptors (Lipinski definition) is 4. The maximum Gasteiger partial charge on any atom is 0.258 e. The first kappa shape index (κ1) is 18.5. The largest absolute Gasteiger partial charge is 0.496 e. The van der Waals surface area contributed by atoms with Gasteiger partial charge < -0.3 is 14.8 Å². The number of fused-ring (bicyclic) bond motifs is 1. The van der Waals surface area contributed by atoms with Crippen LogP contribution < -0.4 is 14.8 Å². The Balaban J connectivity index is 1.64. The zero-order chi connectivity index (χ0) is 18.5. The molecule has 0 bridgehead atoms. The molecule has 0 aliphatic carbocycles. The van der Waals surface area contributed by atoms with Crippen LogP contribution in [0.5, 0.6) is 11.5 Å². The van der Waals surface area contributed by atoms with Crippen molar-refractivity contribution in [3.8, 4) is 11.5 Å². The Morgan fingerprint density at radius 3 is 2.85 bits per heavy atom. The molecule has 0 unspecified atom stereocenters. The molecule has 3 aromatic rings. The molecular weight excluding hydrogens is 420 g/mol. The van der Waals surface area contributed by atoms with Crippen molar-refractivity contribution >= 4 is 44.3 Å². The van der Waals surface area contributed by atoms with Crippen molar-refractivity contribution in [2.24, 2.45) is 0 Å². The van der Waals surface area contributed by atoms with Crippen molar-refractivity contribution in [3.63, 3.8) is 0 Å². The number of methoxy groups -OCH3 is 1. The van der Waals surface area contributed by atoms with Crippen LogP contribution in [0.3, 0.4) is 0 Å². The lowest BCUT2D eigenvalue weighted by molar-refractivity contribution is -0.123. The molecule has 1 amide bonds. The summed E-state index contributed by atoms with van der Waals surface area (Å²) >= 11 is 9.57. The standard InChI is InChI=1S/C19H16BrClN2O3/c1-25-16-6-4-13(20)9-12(16)10-23-18(24)11-26-17-7-5-15(21)14-3-2-8-22-19(14)17/h2-9H,10-11H2,1H3,(H,23,24). The van der Waals surface area contributed by atoms with Crippen LogP contribution in [0.4, 0.5) is 0 Å². The van der Waals surface area contributed by atoms with Crippen molar-refractivity contribution in [3.05, 3.63) is 63.7 Å². The van der Waals surface area contributed by atoms with Crippen LogP contribution in [0.2, 0.25) is 5.02 Å². The van der Waals surface area contributed by atoms with Crippen LogP contribution >= 0.6 is 27.5 Å². The molecule has 0 fully saturated rings. The summed E-state index contributed by atoms with van der Waals surface area (Å²) in [5.41, 5.74) is 1.50. The summed E-state index contributed by atoms with van der Waals surface area (Å²) in [6.07, 6.45) is 1.66. The Labute approximate surface area is 164 Å². The number of carbonyl (C=O) groups excluding carboxylic acids is 1. The minimum atomic E-state index is -0.244. The van der Waals surface area contributed by atoms with Gasteiger partial charge in [-0.2, -0.15) is 0 Å². The van der Waals surface area contributed by atoms with E-state index in [4.69, 9.17) is 21.1 Å². The summed E-state index contributed by atoms with van der Waals surface area (Å²) in [6.45, 7) is 0.216. The second-order valence-electron chi connectivity index (χ2n) is 5.47. The van der Waals surface area contributed by atoms with Gasteiger partial charge in [-0.3, -0.25) is 9.78 Å². The molecule has 0 atom stereocenters. The molecule has 0 saturated carbocycles. The number of nitrogens with one attached hydrogen (secondary N) is 1. The van der Waals surface area contributed by atoms with Gasteiger partial charge in [0, 0.05) is 28.2 Å². The van der Waals surface area contributed by atoms with Gasteiger partial charge in [-0.05, 0) is 42.5 Å². The molecule has 1 heterocycles. The van der Waals surface area contributed by atoms with E-state index >= 15 is 0 Å². The number of hydrogen-bond donors (Lipinski definition) is 1. The first-order valence-electron chi connectivity index (χ1n) is 7.83. The van der Waals surface area contributed by atoms with Gasteiger partial charge in [-0.15, -0.1) is 0 Å². The number of halogens is 2. The van der Waals surface area contributed by atoms with Crippen LogP contribution in [0.25, 0.3) is 10.9 Å². The van der Waals surface area contributed by atoms with E-state index in [0.29, 0.717) is 28.6 Å². The highest BCUT2D eigenvalue weighted by molar-refractivity contribution is 9.10. The molecule has 5 nitrogen and oxygen atoms in total. The predicted octanol–water partition coefficient (Wildman–Crippen LogP) is 4.35. The summed E-state index contributed by atoms with van der Waals surface area (Å²) in [7, 11) is 1.59. The Kier molecular flexibility index (Phi) is 5.96. The topological polar surface area (TPSA) is 60.5 Å². The summed E-state index contributed by atoms with van der Waals surface area (Å²) in [5, 5.41) is 4.19. The first-order chi connectivity index (χ1) is 12.6. The number of aromatic nitrogens is 1. The molecule has 0 saturated heterocycles. The summed E-state index contributed by atoms with van der Waals surface area (Å²) in [6, 6.07) is 12.7. The molecule has 7 heteroatoms. The molecule has 1 aromatic heterocycles. The summed E-state index contributed by atoms with van der Waals surface area (Å²) in [4.78, 5) is 16.4. The van der Waals surface area contributed by atoms with Crippen LogP contribution in [-0.2, 0) is 11.3 Å². The van der Waals surface area contributed by atoms with E-state index < -0.39 is 0 Å². The van der Waals surface area contributed by atoms with E-state index in [-0.39, 0.29) is 12.5 Å². The molecule has 0 spiro atoms. The van der Waals surface area contributed by atoms with E-state index in [1.807, 2.05) is 24.3 Å². The third-order valence-electron chi connectivity index (χ3n) is 3.76. The highest BCUT2D eigenvalue weighted by Gasteiger charge is 2.10. The SMILES string of the molecule is COc1ccc(Br)cc1CNC(=O)COc1ccc(Cl)c2cccnc12. The first-order valence-corrected chi connectivity index (χ1v) is 9.00. The molecule has 134 valence electrons. The fourth-order valence-electron chi connectivity index (χ4n) is 2.50. The van der Waals surface area contributed by atoms with Crippen LogP contribution in [-0.4, -0.2) is 24.6 Å². The predicted molar refractivity (Wildman–Crippen MR) is 105 cm³/mol. The van der Waals surface area contributed by atoms with E-state index in [2.05, 4.69) is 26.2 Å². The van der Waals surface area contributed by atoms with E-state index in [0.717, 1.165) is 15.4 Å². The van der Waals surface area contributed by atoms with Crippen molar-refractivity contribution in [2.75, 3.05) is 13.7 Å². The Morgan fingerprint density at radius 2 is 2.04 bits per heavy atom. The lowest BCUT2D eigenvalue weighted by atomic mass is 10.2. The maximum absolute atomic E-state index is 12.1. The highest BCUT2D eigenvalue weighted by Crippen LogP contribution is 2.29. The zero-order valence-corrected chi connectivity index (χ0v) is 16.3. The molecule has 26 heavy (non-hydrogen) atoms. The van der Waals surface area contributed by atoms with Crippen LogP contribution in [0.1, 0.15) is 5.56 Å². The van der Waals surface area contributed by atoms with E-state index in [1.54, 1.807) is 31.5 Å². The van der Waals surface area contributed by atoms with Gasteiger partial charge in [0.05, 0.1) is 12.1 Å². The fraction of sp³-hybridized carbons (Fsp3) is 0.158. The molecule has 1 N–H and O–H groups in total. The third-order valence-corrected chi connectivity index (χ3v) is 4.58. The molecule has 0 aliphatic heterocycles.